The molecule has 1 aliphatic heterocycles. The number of nitrogens with one attached hydrogen (secondary N) is 1. The predicted octanol–water partition coefficient (Wildman–Crippen LogP) is 4.02. The number of nitro groups is 1. The summed E-state index contributed by atoms with van der Waals surface area (Å²) in [6.45, 7) is 1.51. The van der Waals surface area contributed by atoms with Gasteiger partial charge in [0.25, 0.3) is 5.69 Å². The number of aryl methyl sites for hydroxylation is 1. The van der Waals surface area contributed by atoms with Gasteiger partial charge < -0.3 is 28.7 Å². The van der Waals surface area contributed by atoms with Gasteiger partial charge in [-0.25, -0.2) is 4.98 Å². The van der Waals surface area contributed by atoms with Gasteiger partial charge in [0.05, 0.1) is 23.7 Å². The number of rotatable bonds is 5. The number of aromatic amines is 1. The van der Waals surface area contributed by atoms with E-state index in [0.29, 0.717) is 17.1 Å². The Morgan fingerprint density at radius 3 is 2.68 bits per heavy atom. The van der Waals surface area contributed by atoms with E-state index in [0.717, 1.165) is 6.07 Å². The molecule has 4 aromatic rings. The van der Waals surface area contributed by atoms with E-state index in [4.69, 9.17) is 18.6 Å². The first-order chi connectivity index (χ1) is 16.4. The molecular formula is C23H17N3O8. The molecule has 0 spiro atoms. The van der Waals surface area contributed by atoms with E-state index in [2.05, 4.69) is 9.97 Å². The standard InChI is InChI=1S/C23H17N3O8/c1-11-6-16(27)21(28)22(34-11)20-19(12-4-3-5-13(7-12)31-2)24-23(25-20)14-8-17-18(33-10-32-17)9-15(14)26(29)30/h3-9,28H,10H2,1-2H3,(H,24,25). The summed E-state index contributed by atoms with van der Waals surface area (Å²) in [5.74, 6) is 0.706. The first-order valence-electron chi connectivity index (χ1n) is 10.0. The molecular weight excluding hydrogens is 446 g/mol. The topological polar surface area (TPSA) is 150 Å². The molecule has 172 valence electrons. The maximum Gasteiger partial charge on any atom is 0.284 e. The zero-order chi connectivity index (χ0) is 24.0. The average molecular weight is 463 g/mol. The van der Waals surface area contributed by atoms with Crippen molar-refractivity contribution in [1.29, 1.82) is 0 Å². The molecule has 11 nitrogen and oxygen atoms in total. The molecule has 0 fully saturated rings. The van der Waals surface area contributed by atoms with Crippen LogP contribution >= 0.6 is 0 Å². The van der Waals surface area contributed by atoms with Crippen molar-refractivity contribution in [1.82, 2.24) is 9.97 Å². The van der Waals surface area contributed by atoms with Gasteiger partial charge in [-0.05, 0) is 19.1 Å². The number of aromatic hydroxyl groups is 1. The normalized spacial score (nSPS) is 12.1. The Morgan fingerprint density at radius 1 is 1.18 bits per heavy atom. The van der Waals surface area contributed by atoms with E-state index >= 15 is 0 Å². The number of methoxy groups -OCH3 is 1. The minimum atomic E-state index is -0.638. The molecule has 0 saturated heterocycles. The largest absolute Gasteiger partial charge is 0.501 e. The Kier molecular flexibility index (Phi) is 4.93. The summed E-state index contributed by atoms with van der Waals surface area (Å²) in [5.41, 5.74) is 0.221. The quantitative estimate of drug-likeness (QED) is 0.330. The molecule has 0 atom stereocenters. The third-order valence-electron chi connectivity index (χ3n) is 5.26. The summed E-state index contributed by atoms with van der Waals surface area (Å²) in [7, 11) is 1.51. The smallest absolute Gasteiger partial charge is 0.284 e. The number of imidazole rings is 1. The third-order valence-corrected chi connectivity index (χ3v) is 5.26. The molecule has 1 aliphatic rings. The van der Waals surface area contributed by atoms with Gasteiger partial charge in [0, 0.05) is 17.7 Å². The number of fused-ring (bicyclic) bond motifs is 1. The van der Waals surface area contributed by atoms with Gasteiger partial charge in [-0.3, -0.25) is 14.9 Å². The zero-order valence-corrected chi connectivity index (χ0v) is 17.9. The Hall–Kier alpha value is -4.80. The van der Waals surface area contributed by atoms with Gasteiger partial charge in [0.15, 0.2) is 17.3 Å². The van der Waals surface area contributed by atoms with Crippen LogP contribution in [0, 0.1) is 17.0 Å². The summed E-state index contributed by atoms with van der Waals surface area (Å²) in [6, 6.07) is 10.8. The van der Waals surface area contributed by atoms with Gasteiger partial charge in [-0.2, -0.15) is 0 Å². The van der Waals surface area contributed by atoms with E-state index in [1.807, 2.05) is 0 Å². The molecule has 3 heterocycles. The van der Waals surface area contributed by atoms with Crippen molar-refractivity contribution in [3.63, 3.8) is 0 Å². The molecule has 0 amide bonds. The fraction of sp³-hybridized carbons (Fsp3) is 0.130. The molecule has 0 bridgehead atoms. The molecule has 2 aromatic heterocycles. The molecule has 0 unspecified atom stereocenters. The number of hydrogen-bond acceptors (Lipinski definition) is 9. The van der Waals surface area contributed by atoms with Crippen LogP contribution in [0.4, 0.5) is 5.69 Å². The monoisotopic (exact) mass is 463 g/mol. The summed E-state index contributed by atoms with van der Waals surface area (Å²) < 4.78 is 21.6. The second kappa shape index (κ2) is 7.96. The van der Waals surface area contributed by atoms with Gasteiger partial charge >= 0.3 is 0 Å². The highest BCUT2D eigenvalue weighted by atomic mass is 16.7. The van der Waals surface area contributed by atoms with Gasteiger partial charge in [-0.1, -0.05) is 12.1 Å². The average Bonchev–Trinajstić information content (AvgIpc) is 3.47. The second-order valence-corrected chi connectivity index (χ2v) is 7.42. The highest BCUT2D eigenvalue weighted by Crippen LogP contribution is 2.44. The molecule has 11 heteroatoms. The lowest BCUT2D eigenvalue weighted by Crippen LogP contribution is -2.01. The van der Waals surface area contributed by atoms with Crippen LogP contribution in [0.25, 0.3) is 34.1 Å². The van der Waals surface area contributed by atoms with Crippen LogP contribution in [-0.4, -0.2) is 33.9 Å². The van der Waals surface area contributed by atoms with Crippen LogP contribution in [-0.2, 0) is 0 Å². The highest BCUT2D eigenvalue weighted by Gasteiger charge is 2.28. The van der Waals surface area contributed by atoms with Crippen molar-refractivity contribution in [2.24, 2.45) is 0 Å². The third kappa shape index (κ3) is 3.48. The molecule has 0 radical (unpaired) electrons. The van der Waals surface area contributed by atoms with Gasteiger partial charge in [0.1, 0.15) is 28.7 Å². The molecule has 2 aromatic carbocycles. The Labute approximate surface area is 191 Å². The molecule has 0 aliphatic carbocycles. The van der Waals surface area contributed by atoms with Crippen LogP contribution in [0.5, 0.6) is 23.0 Å². The number of ether oxygens (including phenoxy) is 3. The fourth-order valence-corrected chi connectivity index (χ4v) is 3.69. The van der Waals surface area contributed by atoms with Crippen LogP contribution in [0.15, 0.2) is 51.7 Å². The van der Waals surface area contributed by atoms with E-state index in [9.17, 15) is 20.0 Å². The number of nitrogens with zero attached hydrogens (tertiary/aromatic N) is 2. The van der Waals surface area contributed by atoms with Gasteiger partial charge in [-0.15, -0.1) is 0 Å². The number of benzene rings is 2. The Morgan fingerprint density at radius 2 is 1.94 bits per heavy atom. The lowest BCUT2D eigenvalue weighted by Gasteiger charge is -2.06. The van der Waals surface area contributed by atoms with Crippen LogP contribution in [0.3, 0.4) is 0 Å². The predicted molar refractivity (Wildman–Crippen MR) is 119 cm³/mol. The maximum absolute atomic E-state index is 12.2. The first kappa shape index (κ1) is 21.1. The minimum Gasteiger partial charge on any atom is -0.501 e. The fourth-order valence-electron chi connectivity index (χ4n) is 3.69. The van der Waals surface area contributed by atoms with E-state index in [-0.39, 0.29) is 52.5 Å². The summed E-state index contributed by atoms with van der Waals surface area (Å²) in [4.78, 5) is 31.1. The number of nitro benzene ring substituents is 1. The van der Waals surface area contributed by atoms with E-state index < -0.39 is 16.1 Å². The molecule has 5 rings (SSSR count). The van der Waals surface area contributed by atoms with Crippen molar-refractivity contribution in [2.45, 2.75) is 6.92 Å². The molecule has 0 saturated carbocycles. The Balaban J connectivity index is 1.79. The zero-order valence-electron chi connectivity index (χ0n) is 17.9. The summed E-state index contributed by atoms with van der Waals surface area (Å²) >= 11 is 0. The van der Waals surface area contributed by atoms with Crippen molar-refractivity contribution >= 4 is 5.69 Å². The second-order valence-electron chi connectivity index (χ2n) is 7.42. The summed E-state index contributed by atoms with van der Waals surface area (Å²) in [6.07, 6.45) is 0. The minimum absolute atomic E-state index is 0.0588. The number of aromatic nitrogens is 2. The first-order valence-corrected chi connectivity index (χ1v) is 10.0. The Bertz CT molecular complexity index is 1500. The number of H-pyrrole nitrogens is 1. The molecule has 2 N–H and O–H groups in total. The van der Waals surface area contributed by atoms with Crippen molar-refractivity contribution in [3.8, 4) is 57.1 Å². The number of hydrogen-bond donors (Lipinski definition) is 2. The van der Waals surface area contributed by atoms with Gasteiger partial charge in [0.2, 0.25) is 18.0 Å². The van der Waals surface area contributed by atoms with E-state index in [1.54, 1.807) is 31.2 Å². The maximum atomic E-state index is 12.2. The molecule has 34 heavy (non-hydrogen) atoms. The van der Waals surface area contributed by atoms with Crippen molar-refractivity contribution in [2.75, 3.05) is 13.9 Å². The van der Waals surface area contributed by atoms with Crippen molar-refractivity contribution < 1.29 is 28.7 Å². The lowest BCUT2D eigenvalue weighted by atomic mass is 10.1. The van der Waals surface area contributed by atoms with E-state index in [1.165, 1.54) is 19.2 Å². The SMILES string of the molecule is COc1cccc(-c2nc(-c3cc4c(cc3[N+](=O)[O-])OCO4)[nH]c2-c2oc(C)cc(=O)c2O)c1. The van der Waals surface area contributed by atoms with Crippen LogP contribution < -0.4 is 19.6 Å². The van der Waals surface area contributed by atoms with Crippen molar-refractivity contribution in [3.05, 3.63) is 68.6 Å². The summed E-state index contributed by atoms with van der Waals surface area (Å²) in [5, 5.41) is 22.3. The van der Waals surface area contributed by atoms with Crippen LogP contribution in [0.1, 0.15) is 5.76 Å². The van der Waals surface area contributed by atoms with Crippen LogP contribution in [0.2, 0.25) is 0 Å². The highest BCUT2D eigenvalue weighted by molar-refractivity contribution is 5.84. The lowest BCUT2D eigenvalue weighted by molar-refractivity contribution is -0.384.